The maximum absolute atomic E-state index is 13.1. The summed E-state index contributed by atoms with van der Waals surface area (Å²) in [6, 6.07) is 15.2. The third kappa shape index (κ3) is 8.19. The molecular weight excluding hydrogens is 616 g/mol. The average Bonchev–Trinajstić information content (AvgIpc) is 3.78. The second-order valence-electron chi connectivity index (χ2n) is 11.3. The predicted molar refractivity (Wildman–Crippen MR) is 183 cm³/mol. The fourth-order valence-corrected chi connectivity index (χ4v) is 6.05. The van der Waals surface area contributed by atoms with Crippen LogP contribution in [0.15, 0.2) is 66.3 Å². The van der Waals surface area contributed by atoms with E-state index in [9.17, 15) is 14.4 Å². The van der Waals surface area contributed by atoms with Crippen molar-refractivity contribution in [2.75, 3.05) is 50.0 Å². The Bertz CT molecular complexity index is 1930. The number of anilines is 2. The van der Waals surface area contributed by atoms with Crippen LogP contribution in [0.25, 0.3) is 23.1 Å². The van der Waals surface area contributed by atoms with Crippen molar-refractivity contribution in [1.29, 1.82) is 0 Å². The van der Waals surface area contributed by atoms with Crippen LogP contribution in [0.4, 0.5) is 11.4 Å². The number of thiazole rings is 1. The molecule has 3 amide bonds. The Hall–Kier alpha value is -5.11. The van der Waals surface area contributed by atoms with E-state index in [1.54, 1.807) is 47.8 Å². The van der Waals surface area contributed by atoms with Gasteiger partial charge in [0, 0.05) is 63.4 Å². The lowest BCUT2D eigenvalue weighted by molar-refractivity contribution is -0.115. The van der Waals surface area contributed by atoms with Gasteiger partial charge in [0.25, 0.3) is 11.8 Å². The Morgan fingerprint density at radius 2 is 1.62 bits per heavy atom. The second-order valence-corrected chi connectivity index (χ2v) is 12.2. The quantitative estimate of drug-likeness (QED) is 0.196. The maximum Gasteiger partial charge on any atom is 0.272 e. The number of carbonyl (C=O) groups is 3. The summed E-state index contributed by atoms with van der Waals surface area (Å²) in [7, 11) is 3.48. The van der Waals surface area contributed by atoms with Gasteiger partial charge in [-0.25, -0.2) is 9.97 Å². The Labute approximate surface area is 276 Å². The van der Waals surface area contributed by atoms with Gasteiger partial charge in [-0.15, -0.1) is 11.3 Å². The fourth-order valence-electron chi connectivity index (χ4n) is 5.34. The first-order valence-corrected chi connectivity index (χ1v) is 16.2. The SMILES string of the molecule is Cn1cc(NC(=O)c2cc(NC(=O)Cc3csc(/C=C/c4ccc5ccccc5n4)n3)cn2C)cc1C(=O)NCCN1CCOCC1. The van der Waals surface area contributed by atoms with Gasteiger partial charge in [-0.1, -0.05) is 24.3 Å². The molecule has 1 aliphatic heterocycles. The van der Waals surface area contributed by atoms with Crippen LogP contribution < -0.4 is 16.0 Å². The van der Waals surface area contributed by atoms with Crippen molar-refractivity contribution in [1.82, 2.24) is 29.3 Å². The largest absolute Gasteiger partial charge is 0.379 e. The van der Waals surface area contributed by atoms with Crippen LogP contribution in [0.1, 0.15) is 37.4 Å². The van der Waals surface area contributed by atoms with Crippen LogP contribution in [0, 0.1) is 0 Å². The minimum Gasteiger partial charge on any atom is -0.379 e. The molecule has 12 nitrogen and oxygen atoms in total. The van der Waals surface area contributed by atoms with E-state index in [2.05, 4.69) is 30.8 Å². The van der Waals surface area contributed by atoms with Crippen molar-refractivity contribution >= 4 is 63.5 Å². The molecule has 0 unspecified atom stereocenters. The second kappa shape index (κ2) is 14.5. The van der Waals surface area contributed by atoms with E-state index in [-0.39, 0.29) is 24.1 Å². The zero-order valence-corrected chi connectivity index (χ0v) is 27.0. The molecule has 0 atom stereocenters. The van der Waals surface area contributed by atoms with Crippen molar-refractivity contribution < 1.29 is 19.1 Å². The lowest BCUT2D eigenvalue weighted by atomic mass is 10.2. The Morgan fingerprint density at radius 3 is 2.40 bits per heavy atom. The smallest absolute Gasteiger partial charge is 0.272 e. The molecule has 13 heteroatoms. The number of hydrogen-bond acceptors (Lipinski definition) is 8. The van der Waals surface area contributed by atoms with E-state index >= 15 is 0 Å². The summed E-state index contributed by atoms with van der Waals surface area (Å²) in [6.45, 7) is 4.41. The molecule has 3 N–H and O–H groups in total. The van der Waals surface area contributed by atoms with Gasteiger partial charge in [0.05, 0.1) is 47.9 Å². The van der Waals surface area contributed by atoms with Gasteiger partial charge in [-0.05, 0) is 36.4 Å². The normalized spacial score (nSPS) is 13.7. The molecule has 5 aromatic rings. The zero-order valence-electron chi connectivity index (χ0n) is 26.2. The van der Waals surface area contributed by atoms with E-state index in [0.29, 0.717) is 48.2 Å². The predicted octanol–water partition coefficient (Wildman–Crippen LogP) is 4.03. The van der Waals surface area contributed by atoms with Gasteiger partial charge in [0.1, 0.15) is 16.4 Å². The van der Waals surface area contributed by atoms with Crippen LogP contribution in [0.5, 0.6) is 0 Å². The molecule has 1 fully saturated rings. The highest BCUT2D eigenvalue weighted by molar-refractivity contribution is 7.10. The number of nitrogens with one attached hydrogen (secondary N) is 3. The summed E-state index contributed by atoms with van der Waals surface area (Å²) in [5.41, 5.74) is 4.18. The fraction of sp³-hybridized carbons (Fsp3) is 0.265. The molecule has 47 heavy (non-hydrogen) atoms. The van der Waals surface area contributed by atoms with Gasteiger partial charge in [0.15, 0.2) is 0 Å². The van der Waals surface area contributed by atoms with Crippen molar-refractivity contribution in [3.63, 3.8) is 0 Å². The molecule has 0 aliphatic carbocycles. The number of hydrogen-bond donors (Lipinski definition) is 3. The molecular formula is C34H36N8O4S. The number of carbonyl (C=O) groups excluding carboxylic acids is 3. The molecule has 0 radical (unpaired) electrons. The van der Waals surface area contributed by atoms with Gasteiger partial charge < -0.3 is 29.8 Å². The number of aryl methyl sites for hydroxylation is 2. The number of amides is 3. The summed E-state index contributed by atoms with van der Waals surface area (Å²) < 4.78 is 8.68. The summed E-state index contributed by atoms with van der Waals surface area (Å²) in [5.74, 6) is -0.822. The number of pyridine rings is 1. The number of benzene rings is 1. The summed E-state index contributed by atoms with van der Waals surface area (Å²) in [5, 5.41) is 12.4. The standard InChI is InChI=1S/C34H36N8O4S/c1-40-21-26(18-29(40)33(44)35-11-12-42-13-15-46-16-14-42)39-34(45)30-17-25(20-41(30)2)37-31(43)19-27-22-47-32(38-27)10-9-24-8-7-23-5-3-4-6-28(23)36-24/h3-10,17-18,20-22H,11-16,19H2,1-2H3,(H,35,44)(H,37,43)(H,39,45)/b10-9+. The van der Waals surface area contributed by atoms with Crippen molar-refractivity contribution in [3.05, 3.63) is 94.1 Å². The van der Waals surface area contributed by atoms with E-state index in [0.717, 1.165) is 41.2 Å². The van der Waals surface area contributed by atoms with Crippen molar-refractivity contribution in [2.24, 2.45) is 14.1 Å². The first kappa shape index (κ1) is 31.9. The molecule has 1 saturated heterocycles. The van der Waals surface area contributed by atoms with Crippen LogP contribution in [0.3, 0.4) is 0 Å². The van der Waals surface area contributed by atoms with Crippen LogP contribution in [-0.2, 0) is 30.0 Å². The molecule has 0 saturated carbocycles. The molecule has 5 heterocycles. The van der Waals surface area contributed by atoms with Crippen molar-refractivity contribution in [2.45, 2.75) is 6.42 Å². The lowest BCUT2D eigenvalue weighted by Crippen LogP contribution is -2.41. The number of para-hydroxylation sites is 1. The number of fused-ring (bicyclic) bond motifs is 1. The van der Waals surface area contributed by atoms with Crippen molar-refractivity contribution in [3.8, 4) is 0 Å². The minimum atomic E-state index is -0.366. The Kier molecular flexibility index (Phi) is 9.86. The third-order valence-corrected chi connectivity index (χ3v) is 8.62. The maximum atomic E-state index is 13.1. The minimum absolute atomic E-state index is 0.0935. The third-order valence-electron chi connectivity index (χ3n) is 7.76. The number of nitrogens with zero attached hydrogens (tertiary/aromatic N) is 5. The molecule has 242 valence electrons. The van der Waals surface area contributed by atoms with E-state index < -0.39 is 0 Å². The van der Waals surface area contributed by atoms with Gasteiger partial charge in [-0.2, -0.15) is 0 Å². The van der Waals surface area contributed by atoms with Crippen LogP contribution in [0.2, 0.25) is 0 Å². The zero-order chi connectivity index (χ0) is 32.8. The number of rotatable bonds is 11. The highest BCUT2D eigenvalue weighted by Gasteiger charge is 2.18. The highest BCUT2D eigenvalue weighted by atomic mass is 32.1. The Balaban J connectivity index is 0.998. The van der Waals surface area contributed by atoms with Gasteiger partial charge in [0.2, 0.25) is 5.91 Å². The highest BCUT2D eigenvalue weighted by Crippen LogP contribution is 2.19. The topological polar surface area (TPSA) is 135 Å². The Morgan fingerprint density at radius 1 is 0.894 bits per heavy atom. The number of morpholine rings is 1. The summed E-state index contributed by atoms with van der Waals surface area (Å²) in [6.07, 6.45) is 7.26. The summed E-state index contributed by atoms with van der Waals surface area (Å²) in [4.78, 5) is 50.1. The molecule has 4 aromatic heterocycles. The molecule has 6 rings (SSSR count). The van der Waals surface area contributed by atoms with Crippen LogP contribution in [-0.4, -0.2) is 81.1 Å². The molecule has 1 aromatic carbocycles. The molecule has 1 aliphatic rings. The lowest BCUT2D eigenvalue weighted by Gasteiger charge is -2.26. The molecule has 0 spiro atoms. The average molecular weight is 653 g/mol. The number of ether oxygens (including phenoxy) is 1. The van der Waals surface area contributed by atoms with Crippen LogP contribution >= 0.6 is 11.3 Å². The number of aromatic nitrogens is 4. The van der Waals surface area contributed by atoms with E-state index in [1.165, 1.54) is 11.3 Å². The van der Waals surface area contributed by atoms with Gasteiger partial charge in [-0.3, -0.25) is 19.3 Å². The summed E-state index contributed by atoms with van der Waals surface area (Å²) >= 11 is 1.45. The molecule has 0 bridgehead atoms. The first-order chi connectivity index (χ1) is 22.8. The monoisotopic (exact) mass is 652 g/mol. The van der Waals surface area contributed by atoms with E-state index in [4.69, 9.17) is 4.74 Å². The van der Waals surface area contributed by atoms with Gasteiger partial charge >= 0.3 is 0 Å². The van der Waals surface area contributed by atoms with E-state index in [1.807, 2.05) is 53.9 Å². The first-order valence-electron chi connectivity index (χ1n) is 15.3.